The summed E-state index contributed by atoms with van der Waals surface area (Å²) in [6, 6.07) is 99.4. The third kappa shape index (κ3) is 13.5. The maximum atomic E-state index is 6.46. The lowest BCUT2D eigenvalue weighted by Crippen LogP contribution is -2.45. The van der Waals surface area contributed by atoms with Gasteiger partial charge in [-0.3, -0.25) is 0 Å². The van der Waals surface area contributed by atoms with Crippen molar-refractivity contribution in [3.05, 3.63) is 290 Å². The summed E-state index contributed by atoms with van der Waals surface area (Å²) in [5, 5.41) is 7.08. The lowest BCUT2D eigenvalue weighted by molar-refractivity contribution is -0.152. The zero-order valence-corrected chi connectivity index (χ0v) is 55.8. The van der Waals surface area contributed by atoms with Crippen molar-refractivity contribution in [3.63, 3.8) is 0 Å². The first-order chi connectivity index (χ1) is 47.8. The molecule has 0 atom stereocenters. The van der Waals surface area contributed by atoms with Crippen LogP contribution in [0.3, 0.4) is 0 Å². The molecule has 0 aliphatic carbocycles. The Hall–Kier alpha value is -9.62. The minimum atomic E-state index is 0.0995. The van der Waals surface area contributed by atoms with Gasteiger partial charge in [0, 0.05) is 84.2 Å². The molecule has 3 fully saturated rings. The molecule has 0 unspecified atom stereocenters. The molecule has 0 N–H and O–H groups in total. The van der Waals surface area contributed by atoms with E-state index in [1.54, 1.807) is 0 Å². The number of hydrogen-bond donors (Lipinski definition) is 0. The van der Waals surface area contributed by atoms with Crippen LogP contribution in [0, 0.1) is 16.2 Å². The van der Waals surface area contributed by atoms with Gasteiger partial charge in [0.25, 0.3) is 0 Å². The van der Waals surface area contributed by atoms with Gasteiger partial charge >= 0.3 is 0 Å². The minimum absolute atomic E-state index is 0.0995. The fraction of sp³-hybridized carbons (Fsp3) is 0.241. The second kappa shape index (κ2) is 28.2. The number of nitrogens with zero attached hydrogens (tertiary/aromatic N) is 4. The molecule has 0 radical (unpaired) electrons. The van der Waals surface area contributed by atoms with Gasteiger partial charge in [0.2, 0.25) is 0 Å². The molecule has 12 aromatic rings. The summed E-state index contributed by atoms with van der Waals surface area (Å²) in [5.74, 6) is 0. The van der Waals surface area contributed by atoms with Crippen molar-refractivity contribution in [2.75, 3.05) is 79.1 Å². The molecule has 3 saturated heterocycles. The summed E-state index contributed by atoms with van der Waals surface area (Å²) in [4.78, 5) is 9.48. The standard InChI is InChI=1S/C87H84N4O6/c1-4-85(58-95-59-85)55-92-52-64-28-32-72(33-29-64)89(81-34-30-67-18-7-9-21-70(67)50-81)76-40-36-73(37-41-76)88(74-38-42-77(43-39-74)90(82-35-31-68-19-8-10-22-71(68)51-82)79-24-13-16-65(48-79)53-93-56-86(5-2)60-96-61-86)75-44-46-78(47-45-75)91(84-27-15-23-69-20-11-12-26-83(69)84)80-25-14-17-66(49-80)54-94-57-87(6-3)62-97-63-87/h7-51H,4-6,52-63H2,1-3H3. The van der Waals surface area contributed by atoms with Crippen LogP contribution in [-0.2, 0) is 48.2 Å². The van der Waals surface area contributed by atoms with E-state index in [9.17, 15) is 0 Å². The molecule has 488 valence electrons. The first-order valence-electron chi connectivity index (χ1n) is 34.5. The van der Waals surface area contributed by atoms with E-state index in [0.29, 0.717) is 39.6 Å². The van der Waals surface area contributed by atoms with Crippen molar-refractivity contribution in [2.24, 2.45) is 16.2 Å². The number of rotatable bonds is 27. The molecule has 10 heteroatoms. The van der Waals surface area contributed by atoms with Gasteiger partial charge in [-0.05, 0) is 202 Å². The Balaban J connectivity index is 0.808. The molecular weight excluding hydrogens is 1200 g/mol. The molecule has 3 heterocycles. The Labute approximate surface area is 570 Å². The van der Waals surface area contributed by atoms with Crippen molar-refractivity contribution < 1.29 is 28.4 Å². The van der Waals surface area contributed by atoms with E-state index in [2.05, 4.69) is 313 Å². The molecule has 10 nitrogen and oxygen atoms in total. The van der Waals surface area contributed by atoms with Crippen LogP contribution >= 0.6 is 0 Å². The minimum Gasteiger partial charge on any atom is -0.380 e. The summed E-state index contributed by atoms with van der Waals surface area (Å²) in [5.41, 5.74) is 16.2. The average molecular weight is 1280 g/mol. The van der Waals surface area contributed by atoms with Gasteiger partial charge in [0.15, 0.2) is 0 Å². The van der Waals surface area contributed by atoms with Gasteiger partial charge in [0.05, 0.1) is 85.0 Å². The first-order valence-corrected chi connectivity index (χ1v) is 34.5. The largest absolute Gasteiger partial charge is 0.380 e. The number of ether oxygens (including phenoxy) is 6. The Morgan fingerprint density at radius 2 is 0.577 bits per heavy atom. The molecule has 3 aliphatic heterocycles. The lowest BCUT2D eigenvalue weighted by Gasteiger charge is -2.40. The molecule has 97 heavy (non-hydrogen) atoms. The van der Waals surface area contributed by atoms with Gasteiger partial charge < -0.3 is 48.0 Å². The lowest BCUT2D eigenvalue weighted by atomic mass is 9.84. The summed E-state index contributed by atoms with van der Waals surface area (Å²) in [6.45, 7) is 14.9. The van der Waals surface area contributed by atoms with Crippen LogP contribution in [0.1, 0.15) is 56.7 Å². The van der Waals surface area contributed by atoms with Crippen molar-refractivity contribution in [1.29, 1.82) is 0 Å². The average Bonchev–Trinajstić information content (AvgIpc) is 1.01. The molecule has 0 amide bonds. The Morgan fingerprint density at radius 3 is 0.990 bits per heavy atom. The molecule has 0 aromatic heterocycles. The van der Waals surface area contributed by atoms with E-state index in [0.717, 1.165) is 149 Å². The zero-order chi connectivity index (χ0) is 65.6. The van der Waals surface area contributed by atoms with Gasteiger partial charge in [-0.1, -0.05) is 154 Å². The van der Waals surface area contributed by atoms with Crippen LogP contribution in [-0.4, -0.2) is 59.5 Å². The number of fused-ring (bicyclic) bond motifs is 3. The third-order valence-corrected chi connectivity index (χ3v) is 20.4. The highest BCUT2D eigenvalue weighted by Gasteiger charge is 2.39. The normalized spacial score (nSPS) is 15.1. The summed E-state index contributed by atoms with van der Waals surface area (Å²) < 4.78 is 36.1. The number of hydrogen-bond acceptors (Lipinski definition) is 10. The van der Waals surface area contributed by atoms with Crippen molar-refractivity contribution in [1.82, 2.24) is 0 Å². The van der Waals surface area contributed by atoms with Crippen LogP contribution in [0.4, 0.5) is 68.2 Å². The fourth-order valence-electron chi connectivity index (χ4n) is 13.9. The van der Waals surface area contributed by atoms with Crippen LogP contribution in [0.25, 0.3) is 32.3 Å². The molecular formula is C87H84N4O6. The van der Waals surface area contributed by atoms with Crippen LogP contribution < -0.4 is 19.6 Å². The Bertz CT molecular complexity index is 4640. The van der Waals surface area contributed by atoms with E-state index >= 15 is 0 Å². The predicted octanol–water partition coefficient (Wildman–Crippen LogP) is 21.9. The summed E-state index contributed by atoms with van der Waals surface area (Å²) in [6.07, 6.45) is 3.12. The predicted molar refractivity (Wildman–Crippen MR) is 397 cm³/mol. The fourth-order valence-corrected chi connectivity index (χ4v) is 13.9. The van der Waals surface area contributed by atoms with Crippen molar-refractivity contribution >= 4 is 101 Å². The van der Waals surface area contributed by atoms with Crippen LogP contribution in [0.15, 0.2) is 273 Å². The smallest absolute Gasteiger partial charge is 0.0717 e. The SMILES string of the molecule is CCC1(COCc2ccc(N(c3ccc(N(c4ccc(N(c5cccc(COCC6(CC)COC6)c5)c5ccc6ccccc6c5)cc4)c4ccc(N(c5cccc(COCC6(CC)COC6)c5)c5cccc6ccccc56)cc4)cc3)c3ccc4ccccc4c3)cc2)COC1. The monoisotopic (exact) mass is 1280 g/mol. The molecule has 0 saturated carbocycles. The van der Waals surface area contributed by atoms with Crippen LogP contribution in [0.2, 0.25) is 0 Å². The van der Waals surface area contributed by atoms with E-state index in [1.165, 1.54) is 26.9 Å². The maximum Gasteiger partial charge on any atom is 0.0717 e. The molecule has 15 rings (SSSR count). The number of benzene rings is 12. The second-order valence-corrected chi connectivity index (χ2v) is 27.0. The topological polar surface area (TPSA) is 68.3 Å². The van der Waals surface area contributed by atoms with Gasteiger partial charge in [-0.25, -0.2) is 0 Å². The highest BCUT2D eigenvalue weighted by molar-refractivity contribution is 5.99. The highest BCUT2D eigenvalue weighted by Crippen LogP contribution is 2.46. The summed E-state index contributed by atoms with van der Waals surface area (Å²) in [7, 11) is 0. The molecule has 12 aromatic carbocycles. The van der Waals surface area contributed by atoms with Crippen molar-refractivity contribution in [2.45, 2.75) is 59.9 Å². The van der Waals surface area contributed by atoms with E-state index in [1.807, 2.05) is 0 Å². The van der Waals surface area contributed by atoms with E-state index in [4.69, 9.17) is 28.4 Å². The molecule has 0 bridgehead atoms. The van der Waals surface area contributed by atoms with Crippen molar-refractivity contribution in [3.8, 4) is 0 Å². The van der Waals surface area contributed by atoms with Crippen LogP contribution in [0.5, 0.6) is 0 Å². The Kier molecular flexibility index (Phi) is 18.5. The molecule has 0 spiro atoms. The van der Waals surface area contributed by atoms with Gasteiger partial charge in [0.1, 0.15) is 0 Å². The Morgan fingerprint density at radius 1 is 0.268 bits per heavy atom. The highest BCUT2D eigenvalue weighted by atomic mass is 16.5. The first kappa shape index (κ1) is 63.4. The van der Waals surface area contributed by atoms with E-state index < -0.39 is 0 Å². The van der Waals surface area contributed by atoms with E-state index in [-0.39, 0.29) is 16.2 Å². The molecule has 3 aliphatic rings. The number of anilines is 12. The quantitative estimate of drug-likeness (QED) is 0.0497. The zero-order valence-electron chi connectivity index (χ0n) is 55.8. The second-order valence-electron chi connectivity index (χ2n) is 27.0. The van der Waals surface area contributed by atoms with Gasteiger partial charge in [-0.2, -0.15) is 0 Å². The third-order valence-electron chi connectivity index (χ3n) is 20.4. The summed E-state index contributed by atoms with van der Waals surface area (Å²) >= 11 is 0. The van der Waals surface area contributed by atoms with Gasteiger partial charge in [-0.15, -0.1) is 0 Å². The maximum absolute atomic E-state index is 6.46.